The van der Waals surface area contributed by atoms with E-state index in [1.54, 1.807) is 6.07 Å². The molecule has 0 N–H and O–H groups in total. The first kappa shape index (κ1) is 10.4. The summed E-state index contributed by atoms with van der Waals surface area (Å²) in [6.45, 7) is 5.39. The standard InChI is InChI=1S/C12H17NO2/c1-2-10-5-6-13(7-10)8-11-3-4-12(9-14)15-11/h3-4,9-10H,2,5-8H2,1H3. The van der Waals surface area contributed by atoms with Gasteiger partial charge in [-0.25, -0.2) is 0 Å². The Kier molecular flexibility index (Phi) is 3.21. The summed E-state index contributed by atoms with van der Waals surface area (Å²) in [5.41, 5.74) is 0. The highest BCUT2D eigenvalue weighted by Gasteiger charge is 2.21. The Morgan fingerprint density at radius 1 is 1.60 bits per heavy atom. The molecule has 1 unspecified atom stereocenters. The van der Waals surface area contributed by atoms with E-state index in [2.05, 4.69) is 11.8 Å². The van der Waals surface area contributed by atoms with Crippen molar-refractivity contribution in [2.75, 3.05) is 13.1 Å². The third kappa shape index (κ3) is 2.48. The largest absolute Gasteiger partial charge is 0.457 e. The van der Waals surface area contributed by atoms with E-state index in [1.165, 1.54) is 12.8 Å². The second-order valence-electron chi connectivity index (χ2n) is 4.22. The summed E-state index contributed by atoms with van der Waals surface area (Å²) in [4.78, 5) is 12.8. The molecule has 0 saturated carbocycles. The number of nitrogens with zero attached hydrogens (tertiary/aromatic N) is 1. The van der Waals surface area contributed by atoms with Crippen molar-refractivity contribution in [2.24, 2.45) is 5.92 Å². The van der Waals surface area contributed by atoms with Crippen LogP contribution in [0.3, 0.4) is 0 Å². The lowest BCUT2D eigenvalue weighted by molar-refractivity contribution is 0.109. The fraction of sp³-hybridized carbons (Fsp3) is 0.583. The first-order chi connectivity index (χ1) is 7.31. The van der Waals surface area contributed by atoms with Gasteiger partial charge < -0.3 is 4.42 Å². The van der Waals surface area contributed by atoms with Gasteiger partial charge in [-0.15, -0.1) is 0 Å². The Bertz CT molecular complexity index is 332. The average molecular weight is 207 g/mol. The van der Waals surface area contributed by atoms with Crippen molar-refractivity contribution in [2.45, 2.75) is 26.3 Å². The lowest BCUT2D eigenvalue weighted by Gasteiger charge is -2.13. The lowest BCUT2D eigenvalue weighted by Crippen LogP contribution is -2.19. The smallest absolute Gasteiger partial charge is 0.185 e. The van der Waals surface area contributed by atoms with Crippen molar-refractivity contribution >= 4 is 6.29 Å². The number of rotatable bonds is 4. The Labute approximate surface area is 90.1 Å². The highest BCUT2D eigenvalue weighted by molar-refractivity contribution is 5.70. The predicted octanol–water partition coefficient (Wildman–Crippen LogP) is 2.32. The molecular formula is C12H17NO2. The molecule has 1 aromatic heterocycles. The summed E-state index contributed by atoms with van der Waals surface area (Å²) >= 11 is 0. The topological polar surface area (TPSA) is 33.5 Å². The fourth-order valence-electron chi connectivity index (χ4n) is 2.15. The van der Waals surface area contributed by atoms with Gasteiger partial charge in [-0.05, 0) is 31.0 Å². The molecule has 15 heavy (non-hydrogen) atoms. The van der Waals surface area contributed by atoms with E-state index in [-0.39, 0.29) is 0 Å². The van der Waals surface area contributed by atoms with Crippen molar-refractivity contribution in [1.82, 2.24) is 4.90 Å². The molecule has 1 aliphatic rings. The number of hydrogen-bond donors (Lipinski definition) is 0. The Morgan fingerprint density at radius 3 is 3.07 bits per heavy atom. The van der Waals surface area contributed by atoms with Gasteiger partial charge in [0.15, 0.2) is 12.0 Å². The van der Waals surface area contributed by atoms with E-state index < -0.39 is 0 Å². The highest BCUT2D eigenvalue weighted by atomic mass is 16.3. The van der Waals surface area contributed by atoms with Crippen LogP contribution in [-0.4, -0.2) is 24.3 Å². The van der Waals surface area contributed by atoms with E-state index in [0.29, 0.717) is 5.76 Å². The molecule has 0 amide bonds. The van der Waals surface area contributed by atoms with E-state index in [4.69, 9.17) is 4.42 Å². The van der Waals surface area contributed by atoms with Crippen molar-refractivity contribution in [3.05, 3.63) is 23.7 Å². The second-order valence-corrected chi connectivity index (χ2v) is 4.22. The van der Waals surface area contributed by atoms with Gasteiger partial charge >= 0.3 is 0 Å². The van der Waals surface area contributed by atoms with Crippen molar-refractivity contribution in [3.63, 3.8) is 0 Å². The minimum atomic E-state index is 0.427. The molecule has 1 saturated heterocycles. The molecule has 0 aromatic carbocycles. The number of aldehydes is 1. The van der Waals surface area contributed by atoms with Crippen molar-refractivity contribution < 1.29 is 9.21 Å². The van der Waals surface area contributed by atoms with Gasteiger partial charge in [0.25, 0.3) is 0 Å². The van der Waals surface area contributed by atoms with E-state index in [9.17, 15) is 4.79 Å². The molecule has 0 bridgehead atoms. The van der Waals surface area contributed by atoms with Crippen LogP contribution >= 0.6 is 0 Å². The van der Waals surface area contributed by atoms with Gasteiger partial charge in [-0.2, -0.15) is 0 Å². The molecule has 3 nitrogen and oxygen atoms in total. The summed E-state index contributed by atoms with van der Waals surface area (Å²) in [5, 5.41) is 0. The number of hydrogen-bond acceptors (Lipinski definition) is 3. The number of likely N-dealkylation sites (tertiary alicyclic amines) is 1. The van der Waals surface area contributed by atoms with Crippen LogP contribution in [0.2, 0.25) is 0 Å². The summed E-state index contributed by atoms with van der Waals surface area (Å²) in [6.07, 6.45) is 3.30. The van der Waals surface area contributed by atoms with Crippen LogP contribution in [0.1, 0.15) is 36.1 Å². The molecule has 3 heteroatoms. The summed E-state index contributed by atoms with van der Waals surface area (Å²) in [7, 11) is 0. The van der Waals surface area contributed by atoms with E-state index in [0.717, 1.165) is 37.6 Å². The van der Waals surface area contributed by atoms with Crippen LogP contribution in [0.15, 0.2) is 16.5 Å². The zero-order chi connectivity index (χ0) is 10.7. The quantitative estimate of drug-likeness (QED) is 0.710. The zero-order valence-electron chi connectivity index (χ0n) is 9.11. The second kappa shape index (κ2) is 4.62. The van der Waals surface area contributed by atoms with Gasteiger partial charge in [0.05, 0.1) is 6.54 Å². The van der Waals surface area contributed by atoms with Gasteiger partial charge in [-0.3, -0.25) is 9.69 Å². The Morgan fingerprint density at radius 2 is 2.47 bits per heavy atom. The molecular weight excluding hydrogens is 190 g/mol. The molecule has 0 radical (unpaired) electrons. The van der Waals surface area contributed by atoms with Crippen LogP contribution in [0.25, 0.3) is 0 Å². The Balaban J connectivity index is 1.89. The van der Waals surface area contributed by atoms with Gasteiger partial charge in [0.1, 0.15) is 5.76 Å². The molecule has 0 spiro atoms. The maximum atomic E-state index is 10.4. The third-order valence-electron chi connectivity index (χ3n) is 3.13. The van der Waals surface area contributed by atoms with Crippen LogP contribution in [-0.2, 0) is 6.54 Å². The fourth-order valence-corrected chi connectivity index (χ4v) is 2.15. The number of furan rings is 1. The third-order valence-corrected chi connectivity index (χ3v) is 3.13. The molecule has 1 atom stereocenters. The maximum absolute atomic E-state index is 10.4. The van der Waals surface area contributed by atoms with Crippen LogP contribution in [0, 0.1) is 5.92 Å². The van der Waals surface area contributed by atoms with Crippen LogP contribution in [0.4, 0.5) is 0 Å². The SMILES string of the molecule is CCC1CCN(Cc2ccc(C=O)o2)C1. The Hall–Kier alpha value is -1.09. The van der Waals surface area contributed by atoms with Gasteiger partial charge in [-0.1, -0.05) is 13.3 Å². The van der Waals surface area contributed by atoms with Gasteiger partial charge in [0.2, 0.25) is 0 Å². The molecule has 82 valence electrons. The molecule has 2 heterocycles. The highest BCUT2D eigenvalue weighted by Crippen LogP contribution is 2.21. The predicted molar refractivity (Wildman–Crippen MR) is 57.8 cm³/mol. The first-order valence-corrected chi connectivity index (χ1v) is 5.58. The number of carbonyl (C=O) groups excluding carboxylic acids is 1. The molecule has 2 rings (SSSR count). The first-order valence-electron chi connectivity index (χ1n) is 5.58. The minimum Gasteiger partial charge on any atom is -0.457 e. The van der Waals surface area contributed by atoms with Crippen LogP contribution < -0.4 is 0 Å². The van der Waals surface area contributed by atoms with E-state index >= 15 is 0 Å². The normalized spacial score (nSPS) is 22.1. The molecule has 0 aliphatic carbocycles. The molecule has 1 fully saturated rings. The monoisotopic (exact) mass is 207 g/mol. The lowest BCUT2D eigenvalue weighted by atomic mass is 10.1. The average Bonchev–Trinajstić information content (AvgIpc) is 2.87. The minimum absolute atomic E-state index is 0.427. The summed E-state index contributed by atoms with van der Waals surface area (Å²) < 4.78 is 5.35. The zero-order valence-corrected chi connectivity index (χ0v) is 9.11. The van der Waals surface area contributed by atoms with E-state index in [1.807, 2.05) is 6.07 Å². The van der Waals surface area contributed by atoms with Crippen molar-refractivity contribution in [1.29, 1.82) is 0 Å². The van der Waals surface area contributed by atoms with Crippen molar-refractivity contribution in [3.8, 4) is 0 Å². The summed E-state index contributed by atoms with van der Waals surface area (Å²) in [6, 6.07) is 3.62. The van der Waals surface area contributed by atoms with Gasteiger partial charge in [0, 0.05) is 6.54 Å². The molecule has 1 aliphatic heterocycles. The summed E-state index contributed by atoms with van der Waals surface area (Å²) in [5.74, 6) is 2.16. The van der Waals surface area contributed by atoms with Crippen LogP contribution in [0.5, 0.6) is 0 Å². The molecule has 1 aromatic rings. The maximum Gasteiger partial charge on any atom is 0.185 e. The number of carbonyl (C=O) groups is 1.